The molecule has 0 spiro atoms. The maximum Gasteiger partial charge on any atom is 0.279 e. The lowest BCUT2D eigenvalue weighted by Crippen LogP contribution is -2.14. The minimum atomic E-state index is -0.396. The largest absolute Gasteiger partial charge is 0.361 e. The summed E-state index contributed by atoms with van der Waals surface area (Å²) in [7, 11) is 0. The van der Waals surface area contributed by atoms with E-state index in [1.807, 2.05) is 0 Å². The maximum atomic E-state index is 11.9. The number of anilines is 1. The van der Waals surface area contributed by atoms with E-state index in [1.54, 1.807) is 42.2 Å². The normalized spacial score (nSPS) is 10.4. The first-order valence-electron chi connectivity index (χ1n) is 5.79. The fourth-order valence-electron chi connectivity index (χ4n) is 1.60. The number of aryl methyl sites for hydroxylation is 1. The molecule has 1 N–H and O–H groups in total. The van der Waals surface area contributed by atoms with Crippen LogP contribution < -0.4 is 5.32 Å². The van der Waals surface area contributed by atoms with Gasteiger partial charge in [0.2, 0.25) is 0 Å². The van der Waals surface area contributed by atoms with E-state index >= 15 is 0 Å². The zero-order valence-corrected chi connectivity index (χ0v) is 10.5. The number of nitrogens with zero attached hydrogens (tertiary/aromatic N) is 5. The highest BCUT2D eigenvalue weighted by Gasteiger charge is 2.12. The first-order valence-corrected chi connectivity index (χ1v) is 5.79. The van der Waals surface area contributed by atoms with Gasteiger partial charge in [-0.25, -0.2) is 14.6 Å². The Balaban J connectivity index is 1.81. The summed E-state index contributed by atoms with van der Waals surface area (Å²) in [5.41, 5.74) is 0.196. The molecule has 0 aliphatic carbocycles. The minimum Gasteiger partial charge on any atom is -0.361 e. The Morgan fingerprint density at radius 2 is 2.25 bits per heavy atom. The summed E-state index contributed by atoms with van der Waals surface area (Å²) in [6.45, 7) is 1.71. The van der Waals surface area contributed by atoms with Crippen molar-refractivity contribution in [2.45, 2.75) is 6.92 Å². The second kappa shape index (κ2) is 4.92. The molecule has 3 aromatic rings. The molecule has 3 rings (SSSR count). The Bertz CT molecular complexity index is 734. The molecule has 8 heteroatoms. The Hall–Kier alpha value is -3.03. The summed E-state index contributed by atoms with van der Waals surface area (Å²) in [5, 5.41) is 10.3. The zero-order chi connectivity index (χ0) is 13.9. The quantitative estimate of drug-likeness (QED) is 0.768. The van der Waals surface area contributed by atoms with Crippen LogP contribution in [-0.4, -0.2) is 30.8 Å². The summed E-state index contributed by atoms with van der Waals surface area (Å²) in [6.07, 6.45) is 4.73. The van der Waals surface area contributed by atoms with Crippen molar-refractivity contribution in [1.29, 1.82) is 0 Å². The Kier molecular flexibility index (Phi) is 2.96. The second-order valence-electron chi connectivity index (χ2n) is 3.99. The minimum absolute atomic E-state index is 0.196. The number of carbonyl (C=O) groups excluding carboxylic acids is 1. The molecule has 0 aliphatic rings. The molecule has 0 aliphatic heterocycles. The number of rotatable bonds is 3. The Labute approximate surface area is 113 Å². The van der Waals surface area contributed by atoms with E-state index in [0.717, 1.165) is 0 Å². The van der Waals surface area contributed by atoms with Crippen LogP contribution in [0.25, 0.3) is 5.82 Å². The van der Waals surface area contributed by atoms with Crippen LogP contribution in [-0.2, 0) is 0 Å². The number of amides is 1. The summed E-state index contributed by atoms with van der Waals surface area (Å²) in [4.78, 5) is 20.0. The van der Waals surface area contributed by atoms with Crippen LogP contribution in [0, 0.1) is 6.92 Å². The lowest BCUT2D eigenvalue weighted by Gasteiger charge is -2.04. The highest BCUT2D eigenvalue weighted by atomic mass is 16.5. The smallest absolute Gasteiger partial charge is 0.279 e. The van der Waals surface area contributed by atoms with Gasteiger partial charge in [0.05, 0.1) is 0 Å². The zero-order valence-electron chi connectivity index (χ0n) is 10.5. The summed E-state index contributed by atoms with van der Waals surface area (Å²) >= 11 is 0. The predicted octanol–water partition coefficient (Wildman–Crippen LogP) is 1.21. The van der Waals surface area contributed by atoms with Crippen molar-refractivity contribution in [3.8, 4) is 5.82 Å². The van der Waals surface area contributed by atoms with Gasteiger partial charge >= 0.3 is 0 Å². The van der Waals surface area contributed by atoms with Gasteiger partial charge in [0.15, 0.2) is 11.5 Å². The predicted molar refractivity (Wildman–Crippen MR) is 68.3 cm³/mol. The monoisotopic (exact) mass is 270 g/mol. The van der Waals surface area contributed by atoms with Crippen molar-refractivity contribution >= 4 is 11.7 Å². The lowest BCUT2D eigenvalue weighted by molar-refractivity contribution is 0.101. The number of aromatic nitrogens is 5. The number of carbonyl (C=O) groups is 1. The fraction of sp³-hybridized carbons (Fsp3) is 0.0833. The van der Waals surface area contributed by atoms with Crippen LogP contribution in [0.3, 0.4) is 0 Å². The third kappa shape index (κ3) is 2.39. The van der Waals surface area contributed by atoms with Crippen LogP contribution in [0.1, 0.15) is 16.2 Å². The summed E-state index contributed by atoms with van der Waals surface area (Å²) in [6, 6.07) is 4.93. The number of hydrogen-bond donors (Lipinski definition) is 1. The molecule has 3 heterocycles. The van der Waals surface area contributed by atoms with Gasteiger partial charge in [-0.1, -0.05) is 5.16 Å². The molecule has 0 unspecified atom stereocenters. The number of hydrogen-bond acceptors (Lipinski definition) is 6. The molecule has 20 heavy (non-hydrogen) atoms. The molecule has 0 fully saturated rings. The van der Waals surface area contributed by atoms with Crippen molar-refractivity contribution in [2.24, 2.45) is 0 Å². The van der Waals surface area contributed by atoms with E-state index in [9.17, 15) is 4.79 Å². The van der Waals surface area contributed by atoms with E-state index in [-0.39, 0.29) is 5.69 Å². The van der Waals surface area contributed by atoms with Gasteiger partial charge in [-0.2, -0.15) is 5.10 Å². The van der Waals surface area contributed by atoms with Crippen molar-refractivity contribution < 1.29 is 9.32 Å². The maximum absolute atomic E-state index is 11.9. The highest BCUT2D eigenvalue weighted by Crippen LogP contribution is 2.10. The molecule has 3 aromatic heterocycles. The molecule has 0 saturated carbocycles. The third-order valence-electron chi connectivity index (χ3n) is 2.49. The van der Waals surface area contributed by atoms with E-state index in [2.05, 4.69) is 25.5 Å². The van der Waals surface area contributed by atoms with Crippen molar-refractivity contribution in [3.05, 3.63) is 48.4 Å². The summed E-state index contributed by atoms with van der Waals surface area (Å²) in [5.74, 6) is 1.08. The molecule has 0 bridgehead atoms. The van der Waals surface area contributed by atoms with Gasteiger partial charge in [0.1, 0.15) is 17.9 Å². The van der Waals surface area contributed by atoms with Crippen molar-refractivity contribution in [3.63, 3.8) is 0 Å². The first kappa shape index (κ1) is 12.0. The third-order valence-corrected chi connectivity index (χ3v) is 2.49. The Morgan fingerprint density at radius 3 is 2.95 bits per heavy atom. The van der Waals surface area contributed by atoms with E-state index in [1.165, 1.54) is 6.33 Å². The SMILES string of the molecule is Cc1cc(C(=O)Nc2cc(-n3cccn3)ncn2)no1. The van der Waals surface area contributed by atoms with Gasteiger partial charge in [0.25, 0.3) is 5.91 Å². The Morgan fingerprint density at radius 1 is 1.35 bits per heavy atom. The first-order chi connectivity index (χ1) is 9.72. The van der Waals surface area contributed by atoms with E-state index in [4.69, 9.17) is 4.52 Å². The molecule has 8 nitrogen and oxygen atoms in total. The fourth-order valence-corrected chi connectivity index (χ4v) is 1.60. The molecule has 100 valence electrons. The van der Waals surface area contributed by atoms with Gasteiger partial charge in [-0.3, -0.25) is 4.79 Å². The molecule has 0 radical (unpaired) electrons. The molecule has 0 saturated heterocycles. The lowest BCUT2D eigenvalue weighted by atomic mass is 10.3. The van der Waals surface area contributed by atoms with Gasteiger partial charge < -0.3 is 9.84 Å². The average molecular weight is 270 g/mol. The summed E-state index contributed by atoms with van der Waals surface area (Å²) < 4.78 is 6.42. The van der Waals surface area contributed by atoms with Crippen molar-refractivity contribution in [2.75, 3.05) is 5.32 Å². The topological polar surface area (TPSA) is 98.7 Å². The second-order valence-corrected chi connectivity index (χ2v) is 3.99. The van der Waals surface area contributed by atoms with Gasteiger partial charge in [-0.05, 0) is 13.0 Å². The van der Waals surface area contributed by atoms with Crippen molar-refractivity contribution in [1.82, 2.24) is 24.9 Å². The highest BCUT2D eigenvalue weighted by molar-refractivity contribution is 6.02. The molecular formula is C12H10N6O2. The van der Waals surface area contributed by atoms with E-state index in [0.29, 0.717) is 17.4 Å². The standard InChI is InChI=1S/C12H10N6O2/c1-8-5-9(17-20-8)12(19)16-10-6-11(14-7-13-10)18-4-2-3-15-18/h2-7H,1H3,(H,13,14,16,19). The molecule has 0 aromatic carbocycles. The molecule has 1 amide bonds. The van der Waals surface area contributed by atoms with Crippen LogP contribution in [0.5, 0.6) is 0 Å². The van der Waals surface area contributed by atoms with Gasteiger partial charge in [-0.15, -0.1) is 0 Å². The van der Waals surface area contributed by atoms with E-state index < -0.39 is 5.91 Å². The molecular weight excluding hydrogens is 260 g/mol. The average Bonchev–Trinajstić information content (AvgIpc) is 3.10. The van der Waals surface area contributed by atoms with Gasteiger partial charge in [0, 0.05) is 24.5 Å². The van der Waals surface area contributed by atoms with Crippen LogP contribution in [0.15, 0.2) is 41.4 Å². The van der Waals surface area contributed by atoms with Crippen LogP contribution in [0.2, 0.25) is 0 Å². The number of nitrogens with one attached hydrogen (secondary N) is 1. The van der Waals surface area contributed by atoms with Crippen LogP contribution in [0.4, 0.5) is 5.82 Å². The van der Waals surface area contributed by atoms with Crippen LogP contribution >= 0.6 is 0 Å². The molecule has 0 atom stereocenters.